The van der Waals surface area contributed by atoms with Gasteiger partial charge in [-0.25, -0.2) is 8.42 Å². The number of aliphatic hydroxyl groups excluding tert-OH is 2. The summed E-state index contributed by atoms with van der Waals surface area (Å²) in [6, 6.07) is 8.22. The highest BCUT2D eigenvalue weighted by Gasteiger charge is 2.47. The Labute approximate surface area is 166 Å². The molecule has 8 nitrogen and oxygen atoms in total. The van der Waals surface area contributed by atoms with Crippen molar-refractivity contribution in [1.82, 2.24) is 0 Å². The fourth-order valence-corrected chi connectivity index (χ4v) is 5.31. The van der Waals surface area contributed by atoms with Crippen LogP contribution in [0.3, 0.4) is 0 Å². The summed E-state index contributed by atoms with van der Waals surface area (Å²) in [7, 11) is 0.907. The monoisotopic (exact) mass is 418 g/mol. The van der Waals surface area contributed by atoms with Gasteiger partial charge in [-0.1, -0.05) is 18.2 Å². The van der Waals surface area contributed by atoms with Crippen molar-refractivity contribution in [2.24, 2.45) is 5.92 Å². The Balaban J connectivity index is 2.28. The predicted octanol–water partition coefficient (Wildman–Crippen LogP) is 0.611. The molecule has 0 aromatic heterocycles. The van der Waals surface area contributed by atoms with E-state index in [9.17, 15) is 13.5 Å². The van der Waals surface area contributed by atoms with Crippen LogP contribution < -0.4 is 0 Å². The van der Waals surface area contributed by atoms with Crippen LogP contribution in [0.2, 0.25) is 0 Å². The Morgan fingerprint density at radius 1 is 1.07 bits per heavy atom. The van der Waals surface area contributed by atoms with Gasteiger partial charge in [0, 0.05) is 40.1 Å². The van der Waals surface area contributed by atoms with E-state index in [1.807, 2.05) is 0 Å². The lowest BCUT2D eigenvalue weighted by Crippen LogP contribution is -2.37. The zero-order valence-electron chi connectivity index (χ0n) is 16.4. The van der Waals surface area contributed by atoms with E-state index in [-0.39, 0.29) is 17.1 Å². The highest BCUT2D eigenvalue weighted by Crippen LogP contribution is 2.36. The van der Waals surface area contributed by atoms with Crippen molar-refractivity contribution in [2.75, 3.05) is 33.7 Å². The first-order chi connectivity index (χ1) is 13.4. The minimum atomic E-state index is -3.58. The number of benzene rings is 1. The minimum absolute atomic E-state index is 0.137. The van der Waals surface area contributed by atoms with Crippen molar-refractivity contribution in [1.29, 1.82) is 0 Å². The number of aliphatic hydroxyl groups is 2. The molecule has 28 heavy (non-hydrogen) atoms. The molecule has 1 heterocycles. The third-order valence-electron chi connectivity index (χ3n) is 5.07. The first-order valence-electron chi connectivity index (χ1n) is 9.16. The summed E-state index contributed by atoms with van der Waals surface area (Å²) in [6.07, 6.45) is -2.71. The molecule has 1 aromatic carbocycles. The molecule has 1 aliphatic rings. The number of ether oxygens (including phenoxy) is 4. The molecular weight excluding hydrogens is 388 g/mol. The standard InChI is InChI=1S/C19H30O8S/c1-24-18(25-2)10-16-15(12-28(22,23)14-7-5-4-6-8-14)19(26-3)17(27-16)9-13(21)11-20/h4-8,13,15-21H,9-12H2,1-3H3/t13-,15-,16?,17?,19?/m0/s1. The van der Waals surface area contributed by atoms with Gasteiger partial charge in [0.15, 0.2) is 16.1 Å². The zero-order chi connectivity index (χ0) is 20.7. The number of rotatable bonds is 11. The van der Waals surface area contributed by atoms with E-state index in [1.165, 1.54) is 21.3 Å². The van der Waals surface area contributed by atoms with Crippen LogP contribution in [0.4, 0.5) is 0 Å². The van der Waals surface area contributed by atoms with E-state index in [1.54, 1.807) is 30.3 Å². The highest BCUT2D eigenvalue weighted by atomic mass is 32.2. The average Bonchev–Trinajstić information content (AvgIpc) is 3.01. The first-order valence-corrected chi connectivity index (χ1v) is 10.8. The van der Waals surface area contributed by atoms with Gasteiger partial charge in [-0.2, -0.15) is 0 Å². The topological polar surface area (TPSA) is 112 Å². The van der Waals surface area contributed by atoms with Crippen molar-refractivity contribution in [3.05, 3.63) is 30.3 Å². The first kappa shape index (κ1) is 23.2. The van der Waals surface area contributed by atoms with Crippen molar-refractivity contribution in [3.63, 3.8) is 0 Å². The number of hydrogen-bond donors (Lipinski definition) is 2. The van der Waals surface area contributed by atoms with Crippen LogP contribution in [0.15, 0.2) is 35.2 Å². The maximum absolute atomic E-state index is 12.9. The second kappa shape index (κ2) is 10.6. The number of methoxy groups -OCH3 is 3. The molecule has 160 valence electrons. The highest BCUT2D eigenvalue weighted by molar-refractivity contribution is 7.91. The molecule has 0 bridgehead atoms. The minimum Gasteiger partial charge on any atom is -0.394 e. The van der Waals surface area contributed by atoms with Crippen molar-refractivity contribution >= 4 is 9.84 Å². The summed E-state index contributed by atoms with van der Waals surface area (Å²) >= 11 is 0. The Hall–Kier alpha value is -1.07. The fraction of sp³-hybridized carbons (Fsp3) is 0.684. The molecule has 1 saturated heterocycles. The zero-order valence-corrected chi connectivity index (χ0v) is 17.2. The number of hydrogen-bond acceptors (Lipinski definition) is 8. The van der Waals surface area contributed by atoms with Gasteiger partial charge < -0.3 is 29.2 Å². The van der Waals surface area contributed by atoms with Gasteiger partial charge in [0.25, 0.3) is 0 Å². The third kappa shape index (κ3) is 5.73. The van der Waals surface area contributed by atoms with Crippen LogP contribution in [0.5, 0.6) is 0 Å². The normalized spacial score (nSPS) is 26.6. The molecule has 1 aliphatic heterocycles. The van der Waals surface area contributed by atoms with E-state index in [2.05, 4.69) is 0 Å². The van der Waals surface area contributed by atoms with Crippen molar-refractivity contribution < 1.29 is 37.6 Å². The molecule has 0 saturated carbocycles. The van der Waals surface area contributed by atoms with E-state index in [0.29, 0.717) is 6.42 Å². The van der Waals surface area contributed by atoms with Crippen LogP contribution in [0.25, 0.3) is 0 Å². The fourth-order valence-electron chi connectivity index (χ4n) is 3.64. The largest absolute Gasteiger partial charge is 0.394 e. The molecule has 0 amide bonds. The van der Waals surface area contributed by atoms with Gasteiger partial charge in [0.2, 0.25) is 0 Å². The Kier molecular flexibility index (Phi) is 8.81. The Morgan fingerprint density at radius 2 is 1.71 bits per heavy atom. The van der Waals surface area contributed by atoms with Gasteiger partial charge in [-0.05, 0) is 12.1 Å². The molecule has 0 radical (unpaired) electrons. The summed E-state index contributed by atoms with van der Waals surface area (Å²) in [5, 5.41) is 19.0. The lowest BCUT2D eigenvalue weighted by Gasteiger charge is -2.25. The van der Waals surface area contributed by atoms with E-state index < -0.39 is 53.1 Å². The van der Waals surface area contributed by atoms with E-state index >= 15 is 0 Å². The SMILES string of the molecule is COC(CC1OC(C[C@H](O)CO)C(OC)[C@H]1CS(=O)(=O)c1ccccc1)OC. The maximum atomic E-state index is 12.9. The Bertz CT molecular complexity index is 676. The maximum Gasteiger partial charge on any atom is 0.178 e. The van der Waals surface area contributed by atoms with E-state index in [4.69, 9.17) is 24.1 Å². The summed E-state index contributed by atoms with van der Waals surface area (Å²) in [5.74, 6) is -0.662. The van der Waals surface area contributed by atoms with Gasteiger partial charge in [-0.3, -0.25) is 0 Å². The molecule has 3 unspecified atom stereocenters. The molecule has 2 rings (SSSR count). The molecule has 5 atom stereocenters. The predicted molar refractivity (Wildman–Crippen MR) is 102 cm³/mol. The van der Waals surface area contributed by atoms with E-state index in [0.717, 1.165) is 0 Å². The molecule has 1 fully saturated rings. The molecule has 0 spiro atoms. The van der Waals surface area contributed by atoms with Crippen LogP contribution in [0, 0.1) is 5.92 Å². The molecular formula is C19H30O8S. The molecule has 9 heteroatoms. The molecule has 2 N–H and O–H groups in total. The van der Waals surface area contributed by atoms with Crippen LogP contribution in [-0.4, -0.2) is 83.0 Å². The average molecular weight is 419 g/mol. The van der Waals surface area contributed by atoms with Crippen LogP contribution >= 0.6 is 0 Å². The van der Waals surface area contributed by atoms with Gasteiger partial charge >= 0.3 is 0 Å². The van der Waals surface area contributed by atoms with Gasteiger partial charge in [0.05, 0.1) is 41.7 Å². The smallest absolute Gasteiger partial charge is 0.178 e. The summed E-state index contributed by atoms with van der Waals surface area (Å²) in [6.45, 7) is -0.410. The van der Waals surface area contributed by atoms with Crippen molar-refractivity contribution in [3.8, 4) is 0 Å². The van der Waals surface area contributed by atoms with Crippen molar-refractivity contribution in [2.45, 2.75) is 48.4 Å². The van der Waals surface area contributed by atoms with Gasteiger partial charge in [-0.15, -0.1) is 0 Å². The Morgan fingerprint density at radius 3 is 2.25 bits per heavy atom. The third-order valence-corrected chi connectivity index (χ3v) is 6.88. The lowest BCUT2D eigenvalue weighted by atomic mass is 9.94. The molecule has 0 aliphatic carbocycles. The van der Waals surface area contributed by atoms with Gasteiger partial charge in [0.1, 0.15) is 0 Å². The van der Waals surface area contributed by atoms with Crippen LogP contribution in [0.1, 0.15) is 12.8 Å². The summed E-state index contributed by atoms with van der Waals surface area (Å²) < 4.78 is 48.0. The molecule has 1 aromatic rings. The second-order valence-corrected chi connectivity index (χ2v) is 8.91. The summed E-state index contributed by atoms with van der Waals surface area (Å²) in [5.41, 5.74) is 0. The second-order valence-electron chi connectivity index (χ2n) is 6.88. The quantitative estimate of drug-likeness (QED) is 0.503. The van der Waals surface area contributed by atoms with Crippen LogP contribution in [-0.2, 0) is 28.8 Å². The summed E-state index contributed by atoms with van der Waals surface area (Å²) in [4.78, 5) is 0.234. The lowest BCUT2D eigenvalue weighted by molar-refractivity contribution is -0.132. The number of sulfone groups is 1.